The molecule has 0 radical (unpaired) electrons. The van der Waals surface area contributed by atoms with E-state index in [2.05, 4.69) is 10.0 Å². The molecular weight excluding hydrogens is 224 g/mol. The average Bonchev–Trinajstić information content (AvgIpc) is 2.01. The van der Waals surface area contributed by atoms with E-state index in [0.717, 1.165) is 0 Å². The topological polar surface area (TPSA) is 113 Å². The van der Waals surface area contributed by atoms with Gasteiger partial charge in [0.15, 0.2) is 0 Å². The van der Waals surface area contributed by atoms with Crippen molar-refractivity contribution in [2.75, 3.05) is 18.8 Å². The number of aliphatic carboxylic acids is 1. The molecule has 0 aromatic rings. The molecule has 0 rings (SSSR count). The quantitative estimate of drug-likeness (QED) is 0.500. The third-order valence-corrected chi connectivity index (χ3v) is 2.79. The molecule has 0 saturated heterocycles. The first-order valence-corrected chi connectivity index (χ1v) is 5.92. The maximum absolute atomic E-state index is 11.1. The summed E-state index contributed by atoms with van der Waals surface area (Å²) in [5.74, 6) is -1.64. The Labute approximate surface area is 87.9 Å². The van der Waals surface area contributed by atoms with E-state index in [1.54, 1.807) is 0 Å². The van der Waals surface area contributed by atoms with Gasteiger partial charge in [0.2, 0.25) is 15.9 Å². The van der Waals surface area contributed by atoms with E-state index in [4.69, 9.17) is 5.11 Å². The molecule has 15 heavy (non-hydrogen) atoms. The van der Waals surface area contributed by atoms with Crippen molar-refractivity contribution >= 4 is 21.9 Å². The smallest absolute Gasteiger partial charge is 0.304 e. The molecule has 0 unspecified atom stereocenters. The minimum atomic E-state index is -3.50. The molecule has 0 aromatic heterocycles. The Morgan fingerprint density at radius 3 is 2.33 bits per heavy atom. The van der Waals surface area contributed by atoms with Crippen molar-refractivity contribution in [2.45, 2.75) is 13.3 Å². The second kappa shape index (κ2) is 6.36. The average molecular weight is 238 g/mol. The van der Waals surface area contributed by atoms with Crippen molar-refractivity contribution < 1.29 is 23.1 Å². The predicted molar refractivity (Wildman–Crippen MR) is 52.7 cm³/mol. The second-order valence-electron chi connectivity index (χ2n) is 2.84. The highest BCUT2D eigenvalue weighted by Gasteiger charge is 2.10. The van der Waals surface area contributed by atoms with Crippen molar-refractivity contribution in [3.8, 4) is 0 Å². The first-order valence-electron chi connectivity index (χ1n) is 4.27. The van der Waals surface area contributed by atoms with Crippen LogP contribution in [0.1, 0.15) is 13.3 Å². The number of hydrogen-bond donors (Lipinski definition) is 3. The number of sulfonamides is 1. The predicted octanol–water partition coefficient (Wildman–Crippen LogP) is -1.48. The molecule has 0 aliphatic rings. The summed E-state index contributed by atoms with van der Waals surface area (Å²) in [4.78, 5) is 20.5. The highest BCUT2D eigenvalue weighted by Crippen LogP contribution is 1.84. The summed E-state index contributed by atoms with van der Waals surface area (Å²) in [5, 5.41) is 10.6. The highest BCUT2D eigenvalue weighted by atomic mass is 32.2. The Kier molecular flexibility index (Phi) is 5.87. The van der Waals surface area contributed by atoms with Gasteiger partial charge in [-0.05, 0) is 0 Å². The Balaban J connectivity index is 3.77. The lowest BCUT2D eigenvalue weighted by Gasteiger charge is -2.05. The van der Waals surface area contributed by atoms with Crippen LogP contribution in [-0.4, -0.2) is 44.2 Å². The Hall–Kier alpha value is -1.15. The van der Waals surface area contributed by atoms with Crippen molar-refractivity contribution in [1.82, 2.24) is 10.0 Å². The maximum atomic E-state index is 11.1. The van der Waals surface area contributed by atoms with Gasteiger partial charge in [0.1, 0.15) is 0 Å². The lowest BCUT2D eigenvalue weighted by Crippen LogP contribution is -2.34. The fourth-order valence-electron chi connectivity index (χ4n) is 0.747. The van der Waals surface area contributed by atoms with Crippen LogP contribution >= 0.6 is 0 Å². The summed E-state index contributed by atoms with van der Waals surface area (Å²) in [6, 6.07) is 0. The van der Waals surface area contributed by atoms with E-state index >= 15 is 0 Å². The van der Waals surface area contributed by atoms with Gasteiger partial charge in [0.05, 0.1) is 12.2 Å². The van der Waals surface area contributed by atoms with E-state index in [1.165, 1.54) is 6.92 Å². The van der Waals surface area contributed by atoms with Gasteiger partial charge in [0, 0.05) is 20.0 Å². The van der Waals surface area contributed by atoms with Crippen LogP contribution in [0.25, 0.3) is 0 Å². The number of rotatable bonds is 7. The molecule has 0 saturated carbocycles. The van der Waals surface area contributed by atoms with E-state index in [1.807, 2.05) is 0 Å². The third-order valence-electron chi connectivity index (χ3n) is 1.41. The summed E-state index contributed by atoms with van der Waals surface area (Å²) >= 11 is 0. The third kappa shape index (κ3) is 9.16. The minimum Gasteiger partial charge on any atom is -0.481 e. The number of carboxylic acids is 1. The number of nitrogens with one attached hydrogen (secondary N) is 2. The monoisotopic (exact) mass is 238 g/mol. The Morgan fingerprint density at radius 2 is 1.87 bits per heavy atom. The first-order chi connectivity index (χ1) is 6.83. The molecular formula is C7H14N2O5S. The van der Waals surface area contributed by atoms with Crippen LogP contribution in [0.4, 0.5) is 0 Å². The van der Waals surface area contributed by atoms with Gasteiger partial charge in [-0.3, -0.25) is 9.59 Å². The standard InChI is InChI=1S/C7H14N2O5S/c1-6(10)8-4-5-15(13,14)9-3-2-7(11)12/h9H,2-5H2,1H3,(H,8,10)(H,11,12). The molecule has 8 heteroatoms. The molecule has 0 aromatic carbocycles. The van der Waals surface area contributed by atoms with Crippen molar-refractivity contribution in [3.05, 3.63) is 0 Å². The van der Waals surface area contributed by atoms with E-state index in [0.29, 0.717) is 0 Å². The summed E-state index contributed by atoms with van der Waals surface area (Å²) in [7, 11) is -3.50. The van der Waals surface area contributed by atoms with E-state index in [9.17, 15) is 18.0 Å². The summed E-state index contributed by atoms with van der Waals surface area (Å²) in [6.45, 7) is 1.15. The zero-order valence-corrected chi connectivity index (χ0v) is 9.13. The number of carbonyl (C=O) groups is 2. The molecule has 0 spiro atoms. The van der Waals surface area contributed by atoms with Gasteiger partial charge in [-0.2, -0.15) is 0 Å². The highest BCUT2D eigenvalue weighted by molar-refractivity contribution is 7.89. The Bertz CT molecular complexity index is 298. The fourth-order valence-corrected chi connectivity index (χ4v) is 1.68. The van der Waals surface area contributed by atoms with Crippen LogP contribution < -0.4 is 10.0 Å². The van der Waals surface area contributed by atoms with Gasteiger partial charge < -0.3 is 10.4 Å². The molecule has 3 N–H and O–H groups in total. The van der Waals surface area contributed by atoms with Crippen LogP contribution in [0, 0.1) is 0 Å². The van der Waals surface area contributed by atoms with Crippen LogP contribution in [0.15, 0.2) is 0 Å². The van der Waals surface area contributed by atoms with Crippen LogP contribution in [-0.2, 0) is 19.6 Å². The van der Waals surface area contributed by atoms with Crippen LogP contribution in [0.3, 0.4) is 0 Å². The molecule has 0 aliphatic carbocycles. The molecule has 88 valence electrons. The summed E-state index contributed by atoms with van der Waals surface area (Å²) in [6.07, 6.45) is -0.265. The molecule has 7 nitrogen and oxygen atoms in total. The summed E-state index contributed by atoms with van der Waals surface area (Å²) < 4.78 is 24.4. The lowest BCUT2D eigenvalue weighted by atomic mass is 10.5. The van der Waals surface area contributed by atoms with Crippen molar-refractivity contribution in [3.63, 3.8) is 0 Å². The molecule has 0 aliphatic heterocycles. The molecule has 1 amide bonds. The molecule has 0 atom stereocenters. The van der Waals surface area contributed by atoms with Gasteiger partial charge in [-0.1, -0.05) is 0 Å². The number of hydrogen-bond acceptors (Lipinski definition) is 4. The van der Waals surface area contributed by atoms with Crippen LogP contribution in [0.5, 0.6) is 0 Å². The van der Waals surface area contributed by atoms with Gasteiger partial charge in [0.25, 0.3) is 0 Å². The van der Waals surface area contributed by atoms with Crippen molar-refractivity contribution in [1.29, 1.82) is 0 Å². The largest absolute Gasteiger partial charge is 0.481 e. The zero-order valence-electron chi connectivity index (χ0n) is 8.32. The lowest BCUT2D eigenvalue weighted by molar-refractivity contribution is -0.136. The van der Waals surface area contributed by atoms with Crippen LogP contribution in [0.2, 0.25) is 0 Å². The van der Waals surface area contributed by atoms with Gasteiger partial charge >= 0.3 is 5.97 Å². The molecule has 0 heterocycles. The maximum Gasteiger partial charge on any atom is 0.304 e. The fraction of sp³-hybridized carbons (Fsp3) is 0.714. The second-order valence-corrected chi connectivity index (χ2v) is 4.77. The van der Waals surface area contributed by atoms with Gasteiger partial charge in [-0.25, -0.2) is 13.1 Å². The first kappa shape index (κ1) is 13.8. The minimum absolute atomic E-state index is 0.0116. The number of amides is 1. The van der Waals surface area contributed by atoms with E-state index < -0.39 is 16.0 Å². The van der Waals surface area contributed by atoms with Gasteiger partial charge in [-0.15, -0.1) is 0 Å². The van der Waals surface area contributed by atoms with E-state index in [-0.39, 0.29) is 31.2 Å². The number of carboxylic acid groups (broad SMARTS) is 1. The normalized spacial score (nSPS) is 11.0. The summed E-state index contributed by atoms with van der Waals surface area (Å²) in [5.41, 5.74) is 0. The molecule has 0 bridgehead atoms. The molecule has 0 fully saturated rings. The van der Waals surface area contributed by atoms with Crippen molar-refractivity contribution in [2.24, 2.45) is 0 Å². The zero-order chi connectivity index (χ0) is 11.9. The SMILES string of the molecule is CC(=O)NCCS(=O)(=O)NCCC(=O)O. The number of carbonyl (C=O) groups excluding carboxylic acids is 1. The Morgan fingerprint density at radius 1 is 1.27 bits per heavy atom.